The molecule has 0 aromatic heterocycles. The molecule has 3 aromatic carbocycles. The number of carbonyl (C=O) groups excluding carboxylic acids is 1. The van der Waals surface area contributed by atoms with Gasteiger partial charge in [-0.25, -0.2) is 4.79 Å². The summed E-state index contributed by atoms with van der Waals surface area (Å²) in [5.41, 5.74) is 12.0. The van der Waals surface area contributed by atoms with Crippen LogP contribution in [0.15, 0.2) is 91.0 Å². The Labute approximate surface area is 136 Å². The monoisotopic (exact) mass is 305 g/mol. The summed E-state index contributed by atoms with van der Waals surface area (Å²) in [6.07, 6.45) is 0. The molecule has 0 spiro atoms. The van der Waals surface area contributed by atoms with Crippen molar-refractivity contribution in [2.75, 3.05) is 4.90 Å². The molecule has 0 aliphatic heterocycles. The van der Waals surface area contributed by atoms with Gasteiger partial charge in [-0.15, -0.1) is 0 Å². The quantitative estimate of drug-likeness (QED) is 0.762. The maximum Gasteiger partial charge on any atom is 0.309 e. The summed E-state index contributed by atoms with van der Waals surface area (Å²) in [7, 11) is 0. The number of hydrogen-bond donors (Lipinski definition) is 2. The highest BCUT2D eigenvalue weighted by molar-refractivity contribution is 5.76. The predicted molar refractivity (Wildman–Crippen MR) is 94.9 cm³/mol. The van der Waals surface area contributed by atoms with Crippen molar-refractivity contribution in [3.05, 3.63) is 91.0 Å². The molecule has 0 aliphatic carbocycles. The van der Waals surface area contributed by atoms with Gasteiger partial charge in [0.1, 0.15) is 0 Å². The van der Waals surface area contributed by atoms with Crippen LogP contribution in [0.3, 0.4) is 0 Å². The standard InChI is InChI=1S/C18H15N.CH4N2O/c1-4-10-16(11-5-1)19(17-12-6-2-7-13-17)18-14-8-3-9-15-18;2-1(3)4/h1-15H;(H4,2,3,4). The van der Waals surface area contributed by atoms with E-state index in [2.05, 4.69) is 89.2 Å². The number of anilines is 3. The first-order valence-electron chi connectivity index (χ1n) is 7.18. The topological polar surface area (TPSA) is 72.3 Å². The molecule has 0 atom stereocenters. The summed E-state index contributed by atoms with van der Waals surface area (Å²) in [6.45, 7) is 0. The van der Waals surface area contributed by atoms with Gasteiger partial charge in [-0.05, 0) is 36.4 Å². The number of urea groups is 1. The molecule has 0 heterocycles. The molecule has 0 unspecified atom stereocenters. The Morgan fingerprint density at radius 2 is 0.783 bits per heavy atom. The second-order valence-corrected chi connectivity index (χ2v) is 4.74. The van der Waals surface area contributed by atoms with E-state index in [9.17, 15) is 0 Å². The Bertz CT molecular complexity index is 617. The fourth-order valence-corrected chi connectivity index (χ4v) is 2.18. The number of para-hydroxylation sites is 3. The third-order valence-corrected chi connectivity index (χ3v) is 3.04. The van der Waals surface area contributed by atoms with Crippen LogP contribution >= 0.6 is 0 Å². The summed E-state index contributed by atoms with van der Waals surface area (Å²) in [6, 6.07) is 30.4. The molecule has 0 saturated heterocycles. The van der Waals surface area contributed by atoms with Gasteiger partial charge in [0.05, 0.1) is 0 Å². The van der Waals surface area contributed by atoms with Crippen molar-refractivity contribution in [1.29, 1.82) is 0 Å². The molecule has 4 nitrogen and oxygen atoms in total. The van der Waals surface area contributed by atoms with Crippen LogP contribution in [-0.4, -0.2) is 6.03 Å². The van der Waals surface area contributed by atoms with Crippen LogP contribution in [0.5, 0.6) is 0 Å². The van der Waals surface area contributed by atoms with Gasteiger partial charge in [-0.1, -0.05) is 54.6 Å². The first-order chi connectivity index (χ1) is 11.2. The zero-order valence-corrected chi connectivity index (χ0v) is 12.7. The van der Waals surface area contributed by atoms with E-state index >= 15 is 0 Å². The van der Waals surface area contributed by atoms with E-state index in [1.54, 1.807) is 0 Å². The van der Waals surface area contributed by atoms with Crippen molar-refractivity contribution in [2.24, 2.45) is 11.5 Å². The molecule has 4 N–H and O–H groups in total. The number of carbonyl (C=O) groups is 1. The Morgan fingerprint density at radius 3 is 1.00 bits per heavy atom. The second-order valence-electron chi connectivity index (χ2n) is 4.74. The first kappa shape index (κ1) is 16.1. The summed E-state index contributed by atoms with van der Waals surface area (Å²) < 4.78 is 0. The lowest BCUT2D eigenvalue weighted by Crippen LogP contribution is -2.18. The highest BCUT2D eigenvalue weighted by atomic mass is 16.2. The molecular weight excluding hydrogens is 286 g/mol. The Balaban J connectivity index is 0.000000433. The number of hydrogen-bond acceptors (Lipinski definition) is 2. The molecule has 0 bridgehead atoms. The summed E-state index contributed by atoms with van der Waals surface area (Å²) >= 11 is 0. The summed E-state index contributed by atoms with van der Waals surface area (Å²) in [4.78, 5) is 11.2. The Kier molecular flexibility index (Phi) is 5.77. The van der Waals surface area contributed by atoms with Crippen LogP contribution in [0.4, 0.5) is 21.9 Å². The van der Waals surface area contributed by atoms with Gasteiger partial charge in [0.15, 0.2) is 0 Å². The van der Waals surface area contributed by atoms with E-state index in [0.29, 0.717) is 0 Å². The largest absolute Gasteiger partial charge is 0.352 e. The van der Waals surface area contributed by atoms with E-state index in [0.717, 1.165) is 0 Å². The molecule has 0 fully saturated rings. The fourth-order valence-electron chi connectivity index (χ4n) is 2.18. The predicted octanol–water partition coefficient (Wildman–Crippen LogP) is 4.18. The van der Waals surface area contributed by atoms with E-state index in [1.165, 1.54) is 17.1 Å². The molecule has 3 rings (SSSR count). The smallest absolute Gasteiger partial charge is 0.309 e. The molecule has 2 amide bonds. The summed E-state index contributed by atoms with van der Waals surface area (Å²) in [5.74, 6) is 0. The van der Waals surface area contributed by atoms with Gasteiger partial charge in [-0.2, -0.15) is 0 Å². The minimum absolute atomic E-state index is 0.833. The van der Waals surface area contributed by atoms with Gasteiger partial charge in [-0.3, -0.25) is 0 Å². The Morgan fingerprint density at radius 1 is 0.565 bits per heavy atom. The van der Waals surface area contributed by atoms with Crippen LogP contribution in [-0.2, 0) is 0 Å². The minimum Gasteiger partial charge on any atom is -0.352 e. The number of nitrogens with zero attached hydrogens (tertiary/aromatic N) is 1. The third-order valence-electron chi connectivity index (χ3n) is 3.04. The highest BCUT2D eigenvalue weighted by Gasteiger charge is 2.10. The minimum atomic E-state index is -0.833. The van der Waals surface area contributed by atoms with E-state index in [-0.39, 0.29) is 0 Å². The van der Waals surface area contributed by atoms with Crippen molar-refractivity contribution in [3.8, 4) is 0 Å². The average molecular weight is 305 g/mol. The van der Waals surface area contributed by atoms with Gasteiger partial charge in [0.2, 0.25) is 0 Å². The van der Waals surface area contributed by atoms with E-state index in [1.807, 2.05) is 18.2 Å². The number of primary amides is 2. The van der Waals surface area contributed by atoms with Crippen LogP contribution in [0.2, 0.25) is 0 Å². The van der Waals surface area contributed by atoms with Crippen molar-refractivity contribution in [2.45, 2.75) is 0 Å². The summed E-state index contributed by atoms with van der Waals surface area (Å²) in [5, 5.41) is 0. The molecule has 0 saturated carbocycles. The van der Waals surface area contributed by atoms with Crippen LogP contribution in [0.1, 0.15) is 0 Å². The van der Waals surface area contributed by atoms with Gasteiger partial charge >= 0.3 is 6.03 Å². The average Bonchev–Trinajstić information content (AvgIpc) is 2.58. The number of rotatable bonds is 3. The lowest BCUT2D eigenvalue weighted by Gasteiger charge is -2.25. The number of amides is 2. The second kappa shape index (κ2) is 8.24. The van der Waals surface area contributed by atoms with Crippen molar-refractivity contribution >= 4 is 23.1 Å². The van der Waals surface area contributed by atoms with Crippen molar-refractivity contribution in [3.63, 3.8) is 0 Å². The molecule has 0 radical (unpaired) electrons. The first-order valence-corrected chi connectivity index (χ1v) is 7.18. The third kappa shape index (κ3) is 4.89. The zero-order valence-electron chi connectivity index (χ0n) is 12.7. The van der Waals surface area contributed by atoms with E-state index in [4.69, 9.17) is 4.79 Å². The van der Waals surface area contributed by atoms with Crippen LogP contribution in [0.25, 0.3) is 0 Å². The van der Waals surface area contributed by atoms with Crippen molar-refractivity contribution in [1.82, 2.24) is 0 Å². The Hall–Kier alpha value is -3.27. The zero-order chi connectivity index (χ0) is 16.5. The van der Waals surface area contributed by atoms with Gasteiger partial charge in [0.25, 0.3) is 0 Å². The number of nitrogens with two attached hydrogens (primary N) is 2. The normalized spacial score (nSPS) is 9.39. The SMILES string of the molecule is NC(N)=O.c1ccc(N(c2ccccc2)c2ccccc2)cc1. The van der Waals surface area contributed by atoms with Crippen LogP contribution in [0, 0.1) is 0 Å². The highest BCUT2D eigenvalue weighted by Crippen LogP contribution is 2.33. The van der Waals surface area contributed by atoms with Gasteiger partial charge in [0, 0.05) is 17.1 Å². The number of benzene rings is 3. The molecular formula is C19H19N3O. The molecule has 23 heavy (non-hydrogen) atoms. The lowest BCUT2D eigenvalue weighted by molar-refractivity contribution is 0.256. The van der Waals surface area contributed by atoms with Crippen LogP contribution < -0.4 is 16.4 Å². The maximum atomic E-state index is 9.00. The molecule has 116 valence electrons. The maximum absolute atomic E-state index is 9.00. The fraction of sp³-hybridized carbons (Fsp3) is 0. The molecule has 3 aromatic rings. The molecule has 4 heteroatoms. The van der Waals surface area contributed by atoms with E-state index < -0.39 is 6.03 Å². The van der Waals surface area contributed by atoms with Crippen molar-refractivity contribution < 1.29 is 4.79 Å². The van der Waals surface area contributed by atoms with Gasteiger partial charge < -0.3 is 16.4 Å². The molecule has 0 aliphatic rings. The lowest BCUT2D eigenvalue weighted by atomic mass is 10.2.